The molecule has 3 rings (SSSR count). The number of methoxy groups -OCH3 is 1. The van der Waals surface area contributed by atoms with Gasteiger partial charge in [-0.05, 0) is 35.5 Å². The van der Waals surface area contributed by atoms with E-state index in [0.717, 1.165) is 24.3 Å². The van der Waals surface area contributed by atoms with Crippen LogP contribution in [0.25, 0.3) is 0 Å². The number of rotatable bonds is 6. The summed E-state index contributed by atoms with van der Waals surface area (Å²) in [5, 5.41) is 5.22. The first-order valence-corrected chi connectivity index (χ1v) is 8.31. The maximum Gasteiger partial charge on any atom is 0.416 e. The van der Waals surface area contributed by atoms with Crippen LogP contribution in [0.5, 0.6) is 17.4 Å². The number of carbonyl (C=O) groups is 1. The number of nitrogens with zero attached hydrogens (tertiary/aromatic N) is 3. The third-order valence-corrected chi connectivity index (χ3v) is 3.78. The van der Waals surface area contributed by atoms with Crippen molar-refractivity contribution in [2.24, 2.45) is 5.18 Å². The molecular weight excluding hydrogens is 405 g/mol. The minimum Gasteiger partial charge on any atom is -0.494 e. The Bertz CT molecular complexity index is 1070. The summed E-state index contributed by atoms with van der Waals surface area (Å²) in [5.41, 5.74) is -1.34. The molecule has 11 heteroatoms. The summed E-state index contributed by atoms with van der Waals surface area (Å²) in [6, 6.07) is 9.86. The number of amides is 1. The molecule has 0 bridgehead atoms. The summed E-state index contributed by atoms with van der Waals surface area (Å²) in [6.45, 7) is 0. The SMILES string of the molecule is COc1ccnc(C(=O)Nc2cccc(Oc3ccc(C(F)(F)F)cc3)n2)c1N=O. The molecule has 1 aromatic carbocycles. The van der Waals surface area contributed by atoms with Crippen molar-refractivity contribution < 1.29 is 27.4 Å². The smallest absolute Gasteiger partial charge is 0.416 e. The molecule has 0 saturated carbocycles. The van der Waals surface area contributed by atoms with Gasteiger partial charge in [0.2, 0.25) is 5.88 Å². The summed E-state index contributed by atoms with van der Waals surface area (Å²) in [5.74, 6) is -0.466. The first-order valence-electron chi connectivity index (χ1n) is 8.31. The van der Waals surface area contributed by atoms with Gasteiger partial charge in [0.25, 0.3) is 5.91 Å². The Balaban J connectivity index is 1.76. The van der Waals surface area contributed by atoms with Gasteiger partial charge in [0.05, 0.1) is 12.7 Å². The normalized spacial score (nSPS) is 10.9. The number of nitrogens with one attached hydrogen (secondary N) is 1. The molecule has 0 atom stereocenters. The number of carbonyl (C=O) groups excluding carboxylic acids is 1. The van der Waals surface area contributed by atoms with Crippen LogP contribution in [-0.4, -0.2) is 23.0 Å². The minimum atomic E-state index is -4.45. The molecule has 0 unspecified atom stereocenters. The largest absolute Gasteiger partial charge is 0.494 e. The highest BCUT2D eigenvalue weighted by molar-refractivity contribution is 6.06. The minimum absolute atomic E-state index is 0.0277. The third-order valence-electron chi connectivity index (χ3n) is 3.78. The van der Waals surface area contributed by atoms with Crippen LogP contribution in [0.4, 0.5) is 24.7 Å². The van der Waals surface area contributed by atoms with Crippen LogP contribution in [0.15, 0.2) is 59.9 Å². The molecule has 2 heterocycles. The van der Waals surface area contributed by atoms with E-state index in [0.29, 0.717) is 0 Å². The van der Waals surface area contributed by atoms with E-state index in [9.17, 15) is 22.9 Å². The predicted molar refractivity (Wildman–Crippen MR) is 100.0 cm³/mol. The molecule has 1 amide bonds. The fourth-order valence-electron chi connectivity index (χ4n) is 2.40. The van der Waals surface area contributed by atoms with E-state index >= 15 is 0 Å². The Kier molecular flexibility index (Phi) is 5.90. The second-order valence-corrected chi connectivity index (χ2v) is 5.74. The number of hydrogen-bond donors (Lipinski definition) is 1. The number of aromatic nitrogens is 2. The van der Waals surface area contributed by atoms with E-state index < -0.39 is 17.6 Å². The van der Waals surface area contributed by atoms with Gasteiger partial charge in [0, 0.05) is 18.3 Å². The molecule has 0 aliphatic carbocycles. The second kappa shape index (κ2) is 8.55. The van der Waals surface area contributed by atoms with Crippen molar-refractivity contribution in [3.63, 3.8) is 0 Å². The Hall–Kier alpha value is -4.02. The van der Waals surface area contributed by atoms with E-state index in [-0.39, 0.29) is 34.6 Å². The van der Waals surface area contributed by atoms with Gasteiger partial charge in [-0.2, -0.15) is 18.2 Å². The molecule has 154 valence electrons. The lowest BCUT2D eigenvalue weighted by Crippen LogP contribution is -2.15. The maximum atomic E-state index is 12.6. The topological polar surface area (TPSA) is 103 Å². The molecule has 30 heavy (non-hydrogen) atoms. The number of nitroso groups, excluding NO2 is 1. The maximum absolute atomic E-state index is 12.6. The number of alkyl halides is 3. The molecule has 8 nitrogen and oxygen atoms in total. The molecule has 3 aromatic rings. The summed E-state index contributed by atoms with van der Waals surface area (Å²) < 4.78 is 48.3. The van der Waals surface area contributed by atoms with Crippen LogP contribution in [0.2, 0.25) is 0 Å². The van der Waals surface area contributed by atoms with Gasteiger partial charge in [-0.1, -0.05) is 6.07 Å². The van der Waals surface area contributed by atoms with Crippen LogP contribution >= 0.6 is 0 Å². The van der Waals surface area contributed by atoms with E-state index in [1.165, 1.54) is 37.6 Å². The van der Waals surface area contributed by atoms with E-state index in [2.05, 4.69) is 20.5 Å². The molecule has 2 aromatic heterocycles. The molecule has 0 saturated heterocycles. The van der Waals surface area contributed by atoms with Gasteiger partial charge in [-0.25, -0.2) is 4.98 Å². The summed E-state index contributed by atoms with van der Waals surface area (Å²) in [6.07, 6.45) is -3.18. The molecule has 0 spiro atoms. The van der Waals surface area contributed by atoms with Gasteiger partial charge >= 0.3 is 6.18 Å². The van der Waals surface area contributed by atoms with Crippen molar-refractivity contribution in [1.82, 2.24) is 9.97 Å². The zero-order valence-electron chi connectivity index (χ0n) is 15.3. The van der Waals surface area contributed by atoms with Gasteiger partial charge in [-0.3, -0.25) is 4.79 Å². The Labute approximate surface area is 167 Å². The van der Waals surface area contributed by atoms with Crippen molar-refractivity contribution in [2.45, 2.75) is 6.18 Å². The second-order valence-electron chi connectivity index (χ2n) is 5.74. The quantitative estimate of drug-likeness (QED) is 0.569. The third kappa shape index (κ3) is 4.69. The lowest BCUT2D eigenvalue weighted by molar-refractivity contribution is -0.137. The average Bonchev–Trinajstić information content (AvgIpc) is 2.73. The Morgan fingerprint density at radius 2 is 1.83 bits per heavy atom. The molecular formula is C19H13F3N4O4. The van der Waals surface area contributed by atoms with Gasteiger partial charge in [0.15, 0.2) is 17.1 Å². The number of halogens is 3. The lowest BCUT2D eigenvalue weighted by atomic mass is 10.2. The fraction of sp³-hybridized carbons (Fsp3) is 0.105. The van der Waals surface area contributed by atoms with E-state index in [1.807, 2.05) is 0 Å². The standard InChI is InChI=1S/C19H13F3N4O4/c1-29-13-9-10-23-17(16(13)26-28)18(27)25-14-3-2-4-15(24-14)30-12-7-5-11(6-8-12)19(20,21)22/h2-10H,1H3,(H,24,25,27). The molecule has 0 aliphatic rings. The van der Waals surface area contributed by atoms with Gasteiger partial charge < -0.3 is 14.8 Å². The average molecular weight is 418 g/mol. The number of hydrogen-bond acceptors (Lipinski definition) is 7. The first kappa shape index (κ1) is 20.7. The Morgan fingerprint density at radius 3 is 2.47 bits per heavy atom. The lowest BCUT2D eigenvalue weighted by Gasteiger charge is -2.10. The highest BCUT2D eigenvalue weighted by atomic mass is 19.4. The number of ether oxygens (including phenoxy) is 2. The first-order chi connectivity index (χ1) is 14.3. The highest BCUT2D eigenvalue weighted by Gasteiger charge is 2.30. The van der Waals surface area contributed by atoms with Crippen molar-refractivity contribution in [2.75, 3.05) is 12.4 Å². The van der Waals surface area contributed by atoms with Crippen LogP contribution in [0.1, 0.15) is 16.1 Å². The molecule has 1 N–H and O–H groups in total. The predicted octanol–water partition coefficient (Wildman–Crippen LogP) is 4.95. The van der Waals surface area contributed by atoms with Crippen molar-refractivity contribution >= 4 is 17.4 Å². The summed E-state index contributed by atoms with van der Waals surface area (Å²) >= 11 is 0. The number of anilines is 1. The van der Waals surface area contributed by atoms with E-state index in [4.69, 9.17) is 9.47 Å². The van der Waals surface area contributed by atoms with Gasteiger partial charge in [0.1, 0.15) is 11.6 Å². The summed E-state index contributed by atoms with van der Waals surface area (Å²) in [4.78, 5) is 31.4. The zero-order valence-corrected chi connectivity index (χ0v) is 15.3. The van der Waals surface area contributed by atoms with Crippen molar-refractivity contribution in [3.8, 4) is 17.4 Å². The number of pyridine rings is 2. The molecule has 0 radical (unpaired) electrons. The van der Waals surface area contributed by atoms with Crippen LogP contribution < -0.4 is 14.8 Å². The van der Waals surface area contributed by atoms with Crippen LogP contribution in [0, 0.1) is 4.91 Å². The van der Waals surface area contributed by atoms with Crippen LogP contribution in [0.3, 0.4) is 0 Å². The fourth-order valence-corrected chi connectivity index (χ4v) is 2.40. The monoisotopic (exact) mass is 418 g/mol. The van der Waals surface area contributed by atoms with Gasteiger partial charge in [-0.15, -0.1) is 4.91 Å². The van der Waals surface area contributed by atoms with Crippen molar-refractivity contribution in [3.05, 3.63) is 70.9 Å². The highest BCUT2D eigenvalue weighted by Crippen LogP contribution is 2.32. The van der Waals surface area contributed by atoms with E-state index in [1.54, 1.807) is 0 Å². The molecule has 0 fully saturated rings. The Morgan fingerprint density at radius 1 is 1.10 bits per heavy atom. The van der Waals surface area contributed by atoms with Crippen molar-refractivity contribution in [1.29, 1.82) is 0 Å². The van der Waals surface area contributed by atoms with Crippen LogP contribution in [-0.2, 0) is 6.18 Å². The zero-order chi connectivity index (χ0) is 21.7. The number of benzene rings is 1. The molecule has 0 aliphatic heterocycles. The summed E-state index contributed by atoms with van der Waals surface area (Å²) in [7, 11) is 1.31.